The summed E-state index contributed by atoms with van der Waals surface area (Å²) in [6, 6.07) is 0. The first-order valence-electron chi connectivity index (χ1n) is 7.35. The first kappa shape index (κ1) is 20.0. The van der Waals surface area contributed by atoms with Gasteiger partial charge in [-0.15, -0.1) is 0 Å². The third-order valence-electron chi connectivity index (χ3n) is 3.63. The molecule has 0 spiro atoms. The van der Waals surface area contributed by atoms with Gasteiger partial charge in [0.25, 0.3) is 0 Å². The third kappa shape index (κ3) is 5.50. The molecule has 3 atom stereocenters. The van der Waals surface area contributed by atoms with E-state index >= 15 is 0 Å². The van der Waals surface area contributed by atoms with Crippen LogP contribution in [0.15, 0.2) is 0 Å². The zero-order chi connectivity index (χ0) is 17.8. The van der Waals surface area contributed by atoms with Crippen LogP contribution in [-0.4, -0.2) is 47.3 Å². The molecule has 0 saturated carbocycles. The van der Waals surface area contributed by atoms with Gasteiger partial charge in [0.1, 0.15) is 11.2 Å². The topological polar surface area (TPSA) is 90.9 Å². The Balaban J connectivity index is 2.86. The van der Waals surface area contributed by atoms with Crippen molar-refractivity contribution in [2.75, 3.05) is 18.1 Å². The van der Waals surface area contributed by atoms with Crippen molar-refractivity contribution >= 4 is 40.6 Å². The number of hydrogen-bond acceptors (Lipinski definition) is 6. The molecule has 1 rings (SSSR count). The summed E-state index contributed by atoms with van der Waals surface area (Å²) in [5, 5.41) is 2.59. The highest BCUT2D eigenvalue weighted by molar-refractivity contribution is 14.1. The van der Waals surface area contributed by atoms with Gasteiger partial charge in [0, 0.05) is 16.9 Å². The molecule has 132 valence electrons. The van der Waals surface area contributed by atoms with Gasteiger partial charge in [-0.05, 0) is 27.7 Å². The maximum absolute atomic E-state index is 12.2. The number of alkyl halides is 1. The van der Waals surface area contributed by atoms with Gasteiger partial charge in [0.2, 0.25) is 0 Å². The maximum atomic E-state index is 12.2. The van der Waals surface area contributed by atoms with Crippen molar-refractivity contribution in [3.63, 3.8) is 0 Å². The number of cyclic esters (lactones) is 1. The number of nitrogens with one attached hydrogen (secondary N) is 1. The Morgan fingerprint density at radius 3 is 2.48 bits per heavy atom. The summed E-state index contributed by atoms with van der Waals surface area (Å²) in [5.74, 6) is -1.88. The first-order chi connectivity index (χ1) is 10.5. The molecule has 0 aromatic carbocycles. The predicted molar refractivity (Wildman–Crippen MR) is 91.2 cm³/mol. The molecule has 7 nitrogen and oxygen atoms in total. The molecule has 1 fully saturated rings. The van der Waals surface area contributed by atoms with Crippen LogP contribution in [0.25, 0.3) is 0 Å². The van der Waals surface area contributed by atoms with Gasteiger partial charge in [-0.25, -0.2) is 4.79 Å². The predicted octanol–water partition coefficient (Wildman–Crippen LogP) is 2.06. The first-order valence-corrected chi connectivity index (χ1v) is 8.87. The van der Waals surface area contributed by atoms with Gasteiger partial charge in [-0.3, -0.25) is 9.59 Å². The summed E-state index contributed by atoms with van der Waals surface area (Å²) in [5.41, 5.74) is -1.36. The monoisotopic (exact) mass is 441 g/mol. The number of esters is 2. The van der Waals surface area contributed by atoms with Gasteiger partial charge in [0.05, 0.1) is 19.4 Å². The van der Waals surface area contributed by atoms with Crippen molar-refractivity contribution in [3.8, 4) is 0 Å². The van der Waals surface area contributed by atoms with E-state index in [0.717, 1.165) is 0 Å². The van der Waals surface area contributed by atoms with E-state index in [0.29, 0.717) is 4.43 Å². The molecule has 0 aromatic heterocycles. The number of ether oxygens (including phenoxy) is 3. The lowest BCUT2D eigenvalue weighted by Gasteiger charge is -2.29. The molecule has 0 aromatic rings. The smallest absolute Gasteiger partial charge is 0.406 e. The van der Waals surface area contributed by atoms with Gasteiger partial charge in [0.15, 0.2) is 0 Å². The maximum Gasteiger partial charge on any atom is 0.406 e. The van der Waals surface area contributed by atoms with Crippen LogP contribution >= 0.6 is 22.6 Å². The molecule has 0 radical (unpaired) electrons. The lowest BCUT2D eigenvalue weighted by Crippen LogP contribution is -2.43. The number of methoxy groups -OCH3 is 1. The lowest BCUT2D eigenvalue weighted by molar-refractivity contribution is -0.159. The minimum atomic E-state index is -0.745. The highest BCUT2D eigenvalue weighted by atomic mass is 127. The molecule has 1 aliphatic rings. The summed E-state index contributed by atoms with van der Waals surface area (Å²) in [4.78, 5) is 35.6. The highest BCUT2D eigenvalue weighted by Crippen LogP contribution is 2.40. The van der Waals surface area contributed by atoms with E-state index < -0.39 is 35.2 Å². The molecule has 1 N–H and O–H groups in total. The van der Waals surface area contributed by atoms with E-state index in [1.54, 1.807) is 27.7 Å². The van der Waals surface area contributed by atoms with E-state index in [-0.39, 0.29) is 18.9 Å². The Morgan fingerprint density at radius 2 is 2.00 bits per heavy atom. The Bertz CT molecular complexity index is 475. The zero-order valence-electron chi connectivity index (χ0n) is 14.1. The molecular formula is C15H24INO6. The normalized spacial score (nSPS) is 27.3. The van der Waals surface area contributed by atoms with Crippen LogP contribution in [0.4, 0.5) is 4.79 Å². The fourth-order valence-electron chi connectivity index (χ4n) is 2.51. The van der Waals surface area contributed by atoms with Crippen LogP contribution in [0.2, 0.25) is 0 Å². The molecule has 23 heavy (non-hydrogen) atoms. The number of halogens is 1. The Labute approximate surface area is 149 Å². The van der Waals surface area contributed by atoms with Crippen molar-refractivity contribution < 1.29 is 28.6 Å². The highest BCUT2D eigenvalue weighted by Gasteiger charge is 2.53. The molecule has 0 aliphatic carbocycles. The Kier molecular flexibility index (Phi) is 6.67. The van der Waals surface area contributed by atoms with Crippen LogP contribution in [0.5, 0.6) is 0 Å². The zero-order valence-corrected chi connectivity index (χ0v) is 16.3. The van der Waals surface area contributed by atoms with Crippen molar-refractivity contribution in [2.45, 2.75) is 45.3 Å². The number of alkyl carbamates (subject to hydrolysis) is 1. The summed E-state index contributed by atoms with van der Waals surface area (Å²) in [7, 11) is 1.27. The van der Waals surface area contributed by atoms with Crippen LogP contribution in [0.3, 0.4) is 0 Å². The third-order valence-corrected chi connectivity index (χ3v) is 5.14. The molecule has 1 unspecified atom stereocenters. The van der Waals surface area contributed by atoms with Crippen LogP contribution in [0, 0.1) is 11.8 Å². The minimum absolute atomic E-state index is 0.0736. The largest absolute Gasteiger partial charge is 0.460 e. The molecule has 8 heteroatoms. The van der Waals surface area contributed by atoms with Crippen molar-refractivity contribution in [1.82, 2.24) is 5.32 Å². The molecule has 1 saturated heterocycles. The summed E-state index contributed by atoms with van der Waals surface area (Å²) < 4.78 is 15.9. The quantitative estimate of drug-likeness (QED) is 0.304. The van der Waals surface area contributed by atoms with E-state index in [2.05, 4.69) is 32.6 Å². The van der Waals surface area contributed by atoms with Crippen LogP contribution in [0.1, 0.15) is 34.1 Å². The number of carbonyl (C=O) groups is 3. The number of hydrogen-bond donors (Lipinski definition) is 1. The second-order valence-electron chi connectivity index (χ2n) is 6.74. The van der Waals surface area contributed by atoms with Crippen LogP contribution < -0.4 is 5.32 Å². The second-order valence-corrected chi connectivity index (χ2v) is 7.51. The van der Waals surface area contributed by atoms with Crippen molar-refractivity contribution in [2.24, 2.45) is 11.8 Å². The molecular weight excluding hydrogens is 417 g/mol. The molecule has 1 aliphatic heterocycles. The van der Waals surface area contributed by atoms with E-state index in [4.69, 9.17) is 9.47 Å². The van der Waals surface area contributed by atoms with Crippen molar-refractivity contribution in [1.29, 1.82) is 0 Å². The summed E-state index contributed by atoms with van der Waals surface area (Å²) in [6.45, 7) is 7.29. The molecule has 1 heterocycles. The standard InChI is InChI=1S/C15H24INO6/c1-14(2,3)22-11(18)6-9-10(7-17-13(20)21-5)15(4,8-16)23-12(9)19/h9-10H,6-8H2,1-5H3,(H,17,20)/t9-,10-,15?/m0/s1. The Hall–Kier alpha value is -1.06. The summed E-state index contributed by atoms with van der Waals surface area (Å²) >= 11 is 2.13. The van der Waals surface area contributed by atoms with Gasteiger partial charge in [-0.1, -0.05) is 22.6 Å². The second kappa shape index (κ2) is 7.67. The van der Waals surface area contributed by atoms with Crippen molar-refractivity contribution in [3.05, 3.63) is 0 Å². The number of amides is 1. The van der Waals surface area contributed by atoms with Crippen LogP contribution in [-0.2, 0) is 23.8 Å². The van der Waals surface area contributed by atoms with E-state index in [1.165, 1.54) is 7.11 Å². The van der Waals surface area contributed by atoms with Gasteiger partial charge < -0.3 is 19.5 Å². The molecule has 1 amide bonds. The lowest BCUT2D eigenvalue weighted by atomic mass is 9.81. The average Bonchev–Trinajstić information content (AvgIpc) is 2.66. The number of carbonyl (C=O) groups excluding carboxylic acids is 3. The van der Waals surface area contributed by atoms with Gasteiger partial charge in [-0.2, -0.15) is 0 Å². The fourth-order valence-corrected chi connectivity index (χ4v) is 3.23. The SMILES string of the molecule is COC(=O)NC[C@H]1[C@H](CC(=O)OC(C)(C)C)C(=O)OC1(C)CI. The van der Waals surface area contributed by atoms with E-state index in [9.17, 15) is 14.4 Å². The summed E-state index contributed by atoms with van der Waals surface area (Å²) in [6.07, 6.45) is -0.660. The fraction of sp³-hybridized carbons (Fsp3) is 0.800. The van der Waals surface area contributed by atoms with E-state index in [1.807, 2.05) is 0 Å². The average molecular weight is 441 g/mol. The van der Waals surface area contributed by atoms with Gasteiger partial charge >= 0.3 is 18.0 Å². The molecule has 0 bridgehead atoms. The minimum Gasteiger partial charge on any atom is -0.460 e. The number of rotatable bonds is 5. The Morgan fingerprint density at radius 1 is 1.39 bits per heavy atom.